The maximum absolute atomic E-state index is 5.88. The molecule has 0 bridgehead atoms. The highest BCUT2D eigenvalue weighted by Crippen LogP contribution is 2.18. The average molecular weight is 320 g/mol. The Morgan fingerprint density at radius 3 is 2.26 bits per heavy atom. The van der Waals surface area contributed by atoms with Crippen molar-refractivity contribution in [2.45, 2.75) is 32.6 Å². The van der Waals surface area contributed by atoms with E-state index in [0.29, 0.717) is 36.9 Å². The zero-order valence-electron chi connectivity index (χ0n) is 14.0. The molecule has 2 aliphatic rings. The average Bonchev–Trinajstić information content (AvgIpc) is 2.60. The molecule has 6 nitrogen and oxygen atoms in total. The summed E-state index contributed by atoms with van der Waals surface area (Å²) in [5.74, 6) is 1.74. The molecular formula is C17H28N4O2. The van der Waals surface area contributed by atoms with Crippen molar-refractivity contribution in [3.8, 4) is 11.9 Å². The molecule has 6 heteroatoms. The Labute approximate surface area is 138 Å². The highest BCUT2D eigenvalue weighted by Gasteiger charge is 2.16. The summed E-state index contributed by atoms with van der Waals surface area (Å²) < 4.78 is 11.7. The summed E-state index contributed by atoms with van der Waals surface area (Å²) in [5.41, 5.74) is 0.883. The molecule has 0 amide bonds. The van der Waals surface area contributed by atoms with Crippen LogP contribution in [0.3, 0.4) is 0 Å². The summed E-state index contributed by atoms with van der Waals surface area (Å²) in [4.78, 5) is 8.77. The third-order valence-corrected chi connectivity index (χ3v) is 4.52. The van der Waals surface area contributed by atoms with Gasteiger partial charge in [0.05, 0.1) is 13.2 Å². The molecule has 1 aromatic rings. The van der Waals surface area contributed by atoms with E-state index in [4.69, 9.17) is 9.47 Å². The quantitative estimate of drug-likeness (QED) is 0.829. The molecule has 23 heavy (non-hydrogen) atoms. The van der Waals surface area contributed by atoms with Crippen molar-refractivity contribution >= 4 is 0 Å². The van der Waals surface area contributed by atoms with Crippen LogP contribution in [0.15, 0.2) is 6.07 Å². The molecular weight excluding hydrogens is 292 g/mol. The van der Waals surface area contributed by atoms with Crippen LogP contribution in [0.1, 0.15) is 31.4 Å². The van der Waals surface area contributed by atoms with Gasteiger partial charge < -0.3 is 20.1 Å². The molecule has 1 aromatic heterocycles. The smallest absolute Gasteiger partial charge is 0.319 e. The monoisotopic (exact) mass is 320 g/mol. The maximum Gasteiger partial charge on any atom is 0.319 e. The zero-order chi connectivity index (χ0) is 15.9. The summed E-state index contributed by atoms with van der Waals surface area (Å²) in [6.07, 6.45) is 4.86. The lowest BCUT2D eigenvalue weighted by molar-refractivity contribution is 0.191. The molecule has 2 saturated heterocycles. The molecule has 2 aliphatic heterocycles. The molecule has 2 fully saturated rings. The van der Waals surface area contributed by atoms with Crippen LogP contribution in [0.25, 0.3) is 0 Å². The Balaban J connectivity index is 1.50. The summed E-state index contributed by atoms with van der Waals surface area (Å²) in [7, 11) is 0. The van der Waals surface area contributed by atoms with Crippen molar-refractivity contribution in [1.29, 1.82) is 0 Å². The van der Waals surface area contributed by atoms with Crippen molar-refractivity contribution in [3.63, 3.8) is 0 Å². The van der Waals surface area contributed by atoms with Gasteiger partial charge in [0.1, 0.15) is 0 Å². The Morgan fingerprint density at radius 2 is 1.65 bits per heavy atom. The van der Waals surface area contributed by atoms with E-state index in [0.717, 1.165) is 31.9 Å². The Morgan fingerprint density at radius 1 is 1.00 bits per heavy atom. The highest BCUT2D eigenvalue weighted by atomic mass is 16.5. The van der Waals surface area contributed by atoms with Crippen LogP contribution in [0, 0.1) is 18.8 Å². The fraction of sp³-hybridized carbons (Fsp3) is 0.765. The minimum Gasteiger partial charge on any atom is -0.477 e. The van der Waals surface area contributed by atoms with Crippen LogP contribution in [-0.4, -0.2) is 49.4 Å². The lowest BCUT2D eigenvalue weighted by Crippen LogP contribution is -2.33. The first-order valence-corrected chi connectivity index (χ1v) is 8.82. The fourth-order valence-corrected chi connectivity index (χ4v) is 3.18. The number of aromatic nitrogens is 2. The van der Waals surface area contributed by atoms with Gasteiger partial charge in [0, 0.05) is 36.7 Å². The number of aryl methyl sites for hydroxylation is 1. The molecule has 2 N–H and O–H groups in total. The second-order valence-corrected chi connectivity index (χ2v) is 6.68. The van der Waals surface area contributed by atoms with Crippen LogP contribution in [0.4, 0.5) is 0 Å². The SMILES string of the molecule is Cc1cc(OCC2CCCNC2)nc(OCC2CCCNC2)n1. The molecule has 0 saturated carbocycles. The molecule has 0 spiro atoms. The third-order valence-electron chi connectivity index (χ3n) is 4.52. The number of hydrogen-bond acceptors (Lipinski definition) is 6. The van der Waals surface area contributed by atoms with Gasteiger partial charge in [-0.3, -0.25) is 0 Å². The van der Waals surface area contributed by atoms with Gasteiger partial charge in [0.2, 0.25) is 5.88 Å². The second-order valence-electron chi connectivity index (χ2n) is 6.68. The summed E-state index contributed by atoms with van der Waals surface area (Å²) in [6.45, 7) is 7.61. The van der Waals surface area contributed by atoms with Crippen LogP contribution in [0.5, 0.6) is 11.9 Å². The number of ether oxygens (including phenoxy) is 2. The van der Waals surface area contributed by atoms with Crippen molar-refractivity contribution in [2.24, 2.45) is 11.8 Å². The van der Waals surface area contributed by atoms with Crippen molar-refractivity contribution in [1.82, 2.24) is 20.6 Å². The summed E-state index contributed by atoms with van der Waals surface area (Å²) in [5, 5.41) is 6.81. The summed E-state index contributed by atoms with van der Waals surface area (Å²) in [6, 6.07) is 2.32. The van der Waals surface area contributed by atoms with Crippen LogP contribution < -0.4 is 20.1 Å². The molecule has 3 heterocycles. The van der Waals surface area contributed by atoms with Gasteiger partial charge in [-0.2, -0.15) is 4.98 Å². The van der Waals surface area contributed by atoms with Gasteiger partial charge in [-0.25, -0.2) is 4.98 Å². The Kier molecular flexibility index (Phi) is 6.05. The minimum atomic E-state index is 0.437. The lowest BCUT2D eigenvalue weighted by Gasteiger charge is -2.23. The normalized spacial score (nSPS) is 25.1. The number of rotatable bonds is 6. The number of nitrogens with zero attached hydrogens (tertiary/aromatic N) is 2. The molecule has 0 aliphatic carbocycles. The van der Waals surface area contributed by atoms with Crippen LogP contribution in [0.2, 0.25) is 0 Å². The highest BCUT2D eigenvalue weighted by molar-refractivity contribution is 5.17. The minimum absolute atomic E-state index is 0.437. The second kappa shape index (κ2) is 8.45. The van der Waals surface area contributed by atoms with Crippen LogP contribution >= 0.6 is 0 Å². The first-order valence-electron chi connectivity index (χ1n) is 8.82. The van der Waals surface area contributed by atoms with E-state index in [1.165, 1.54) is 25.7 Å². The van der Waals surface area contributed by atoms with E-state index in [2.05, 4.69) is 20.6 Å². The largest absolute Gasteiger partial charge is 0.477 e. The number of nitrogens with one attached hydrogen (secondary N) is 2. The number of hydrogen-bond donors (Lipinski definition) is 2. The standard InChI is InChI=1S/C17H28N4O2/c1-13-8-16(22-11-14-4-2-6-18-9-14)21-17(20-13)23-12-15-5-3-7-19-10-15/h8,14-15,18-19H,2-7,9-12H2,1H3. The van der Waals surface area contributed by atoms with Crippen molar-refractivity contribution in [3.05, 3.63) is 11.8 Å². The van der Waals surface area contributed by atoms with Crippen molar-refractivity contribution < 1.29 is 9.47 Å². The van der Waals surface area contributed by atoms with E-state index >= 15 is 0 Å². The fourth-order valence-electron chi connectivity index (χ4n) is 3.18. The summed E-state index contributed by atoms with van der Waals surface area (Å²) >= 11 is 0. The van der Waals surface area contributed by atoms with Crippen molar-refractivity contribution in [2.75, 3.05) is 39.4 Å². The first-order chi connectivity index (χ1) is 11.3. The molecule has 128 valence electrons. The lowest BCUT2D eigenvalue weighted by atomic mass is 10.0. The van der Waals surface area contributed by atoms with Gasteiger partial charge >= 0.3 is 6.01 Å². The van der Waals surface area contributed by atoms with Gasteiger partial charge in [-0.05, 0) is 45.7 Å². The van der Waals surface area contributed by atoms with E-state index in [9.17, 15) is 0 Å². The predicted molar refractivity (Wildman–Crippen MR) is 88.9 cm³/mol. The number of piperidine rings is 2. The van der Waals surface area contributed by atoms with Crippen LogP contribution in [-0.2, 0) is 0 Å². The predicted octanol–water partition coefficient (Wildman–Crippen LogP) is 1.54. The Bertz CT molecular complexity index is 445. The zero-order valence-corrected chi connectivity index (χ0v) is 14.0. The van der Waals surface area contributed by atoms with Gasteiger partial charge in [-0.15, -0.1) is 0 Å². The Hall–Kier alpha value is -1.40. The molecule has 0 aromatic carbocycles. The third kappa shape index (κ3) is 5.32. The molecule has 0 radical (unpaired) electrons. The van der Waals surface area contributed by atoms with E-state index in [1.54, 1.807) is 0 Å². The van der Waals surface area contributed by atoms with E-state index < -0.39 is 0 Å². The molecule has 2 atom stereocenters. The first kappa shape index (κ1) is 16.5. The van der Waals surface area contributed by atoms with Gasteiger partial charge in [-0.1, -0.05) is 0 Å². The van der Waals surface area contributed by atoms with E-state index in [1.807, 2.05) is 13.0 Å². The molecule has 2 unspecified atom stereocenters. The van der Waals surface area contributed by atoms with Gasteiger partial charge in [0.25, 0.3) is 0 Å². The molecule has 3 rings (SSSR count). The van der Waals surface area contributed by atoms with E-state index in [-0.39, 0.29) is 0 Å². The topological polar surface area (TPSA) is 68.3 Å². The maximum atomic E-state index is 5.88. The van der Waals surface area contributed by atoms with Gasteiger partial charge in [0.15, 0.2) is 0 Å².